The van der Waals surface area contributed by atoms with Crippen LogP contribution in [-0.2, 0) is 7.05 Å². The van der Waals surface area contributed by atoms with E-state index in [-0.39, 0.29) is 33.1 Å². The molecule has 0 radical (unpaired) electrons. The average Bonchev–Trinajstić information content (AvgIpc) is 2.43. The number of benzene rings is 1. The number of aryl methyl sites for hydroxylation is 1. The fourth-order valence-electron chi connectivity index (χ4n) is 1.21. The molecule has 0 spiro atoms. The number of hydrogen-bond donors (Lipinski definition) is 0. The van der Waals surface area contributed by atoms with Crippen LogP contribution in [0.3, 0.4) is 0 Å². The van der Waals surface area contributed by atoms with Gasteiger partial charge in [-0.2, -0.15) is 0 Å². The van der Waals surface area contributed by atoms with E-state index in [9.17, 15) is 0 Å². The van der Waals surface area contributed by atoms with Gasteiger partial charge in [0.15, 0.2) is 0 Å². The molecular weight excluding hydrogens is 301 g/mol. The van der Waals surface area contributed by atoms with Gasteiger partial charge in [0.1, 0.15) is 0 Å². The average molecular weight is 311 g/mol. The second kappa shape index (κ2) is 4.32. The van der Waals surface area contributed by atoms with Crippen molar-refractivity contribution in [3.05, 3.63) is 24.4 Å². The number of halogens is 1. The Balaban J connectivity index is 0.000000845. The molecule has 0 aliphatic carbocycles. The molecule has 4 heteroatoms. The quantitative estimate of drug-likeness (QED) is 0.542. The summed E-state index contributed by atoms with van der Waals surface area (Å²) in [6.07, 6.45) is 2.19. The summed E-state index contributed by atoms with van der Waals surface area (Å²) >= 11 is -0.109. The van der Waals surface area contributed by atoms with Crippen LogP contribution in [0.15, 0.2) is 24.4 Å². The molecule has 0 aliphatic rings. The van der Waals surface area contributed by atoms with Crippen molar-refractivity contribution < 1.29 is 19.9 Å². The van der Waals surface area contributed by atoms with Crippen molar-refractivity contribution in [3.63, 3.8) is 0 Å². The first-order valence-corrected chi connectivity index (χ1v) is 5.94. The molecule has 1 heterocycles. The molecule has 2 nitrogen and oxygen atoms in total. The Hall–Kier alpha value is -0.230. The number of nitrogens with zero attached hydrogens (tertiary/aromatic N) is 1. The van der Waals surface area contributed by atoms with E-state index in [0.717, 1.165) is 5.75 Å². The van der Waals surface area contributed by atoms with Gasteiger partial charge in [0.25, 0.3) is 0 Å². The van der Waals surface area contributed by atoms with Crippen LogP contribution in [-0.4, -0.2) is 27.8 Å². The first-order chi connectivity index (χ1) is 5.79. The smallest absolute Gasteiger partial charge is 1.00 e. The Bertz CT molecular complexity index is 413. The second-order valence-corrected chi connectivity index (χ2v) is 6.09. The molecule has 0 bridgehead atoms. The van der Waals surface area contributed by atoms with Crippen LogP contribution in [0.2, 0.25) is 0 Å². The molecule has 1 aromatic heterocycles. The summed E-state index contributed by atoms with van der Waals surface area (Å²) in [5.41, 5.74) is 0. The topological polar surface area (TPSA) is 13.1 Å². The molecule has 0 aliphatic heterocycles. The van der Waals surface area contributed by atoms with Gasteiger partial charge in [-0.3, -0.25) is 0 Å². The van der Waals surface area contributed by atoms with E-state index < -0.39 is 0 Å². The molecule has 13 heavy (non-hydrogen) atoms. The molecule has 2 rings (SSSR count). The summed E-state index contributed by atoms with van der Waals surface area (Å²) < 4.78 is 8.95. The third kappa shape index (κ3) is 2.17. The summed E-state index contributed by atoms with van der Waals surface area (Å²) in [6.45, 7) is 0. The molecule has 0 saturated carbocycles. The zero-order chi connectivity index (χ0) is 8.55. The Labute approximate surface area is 93.5 Å². The van der Waals surface area contributed by atoms with Crippen molar-refractivity contribution in [3.8, 4) is 5.75 Å². The van der Waals surface area contributed by atoms with Gasteiger partial charge in [-0.05, 0) is 0 Å². The monoisotopic (exact) mass is 313 g/mol. The molecule has 0 N–H and O–H groups in total. The fraction of sp³-hybridized carbons (Fsp3) is 0.222. The van der Waals surface area contributed by atoms with Crippen molar-refractivity contribution in [1.29, 1.82) is 0 Å². The minimum Gasteiger partial charge on any atom is -1.00 e. The fourth-order valence-corrected chi connectivity index (χ4v) is 3.56. The predicted octanol–water partition coefficient (Wildman–Crippen LogP) is -2.27. The molecule has 1 aromatic carbocycles. The third-order valence-corrected chi connectivity index (χ3v) is 4.53. The van der Waals surface area contributed by atoms with Crippen LogP contribution in [0.4, 0.5) is 0 Å². The van der Waals surface area contributed by atoms with Gasteiger partial charge in [0.2, 0.25) is 0 Å². The van der Waals surface area contributed by atoms with E-state index >= 15 is 0 Å². The van der Waals surface area contributed by atoms with Crippen LogP contribution in [0.25, 0.3) is 8.79 Å². The van der Waals surface area contributed by atoms with Crippen molar-refractivity contribution >= 4 is 29.5 Å². The van der Waals surface area contributed by atoms with Gasteiger partial charge >= 0.3 is 81.3 Å². The van der Waals surface area contributed by atoms with Gasteiger partial charge in [-0.25, -0.2) is 0 Å². The first kappa shape index (κ1) is 10.8. The number of methoxy groups -OCH3 is 1. The Morgan fingerprint density at radius 2 is 2.15 bits per heavy atom. The SMILES string of the molecule is COc1ccc2[te][n+](C)cc2c1.[Cl-]. The standard InChI is InChI=1S/C9H10NOTe.ClH/c1-10-6-7-5-8(11-2)3-4-9(7)12-10;/h3-6H,1-2H3;1H/q+1;/p-1. The van der Waals surface area contributed by atoms with E-state index in [1.165, 1.54) is 8.79 Å². The van der Waals surface area contributed by atoms with Crippen LogP contribution in [0.1, 0.15) is 0 Å². The van der Waals surface area contributed by atoms with Gasteiger partial charge in [0, 0.05) is 0 Å². The molecule has 0 atom stereocenters. The Morgan fingerprint density at radius 1 is 1.38 bits per heavy atom. The van der Waals surface area contributed by atoms with Gasteiger partial charge in [-0.1, -0.05) is 0 Å². The summed E-state index contributed by atoms with van der Waals surface area (Å²) in [5, 5.41) is 1.33. The van der Waals surface area contributed by atoms with Gasteiger partial charge in [0.05, 0.1) is 0 Å². The maximum atomic E-state index is 5.15. The summed E-state index contributed by atoms with van der Waals surface area (Å²) in [6, 6.07) is 6.32. The van der Waals surface area contributed by atoms with Crippen LogP contribution in [0, 0.1) is 0 Å². The summed E-state index contributed by atoms with van der Waals surface area (Å²) in [5.74, 6) is 0.952. The molecule has 0 unspecified atom stereocenters. The normalized spacial score (nSPS) is 9.69. The second-order valence-electron chi connectivity index (χ2n) is 2.67. The number of fused-ring (bicyclic) bond motifs is 1. The molecular formula is C9H10ClNOTe. The zero-order valence-corrected chi connectivity index (χ0v) is 10.5. The van der Waals surface area contributed by atoms with Crippen LogP contribution < -0.4 is 19.9 Å². The van der Waals surface area contributed by atoms with E-state index in [1.54, 1.807) is 7.11 Å². The van der Waals surface area contributed by atoms with E-state index in [1.807, 2.05) is 6.07 Å². The maximum Gasteiger partial charge on any atom is -1.00 e. The van der Waals surface area contributed by atoms with Crippen LogP contribution >= 0.6 is 0 Å². The Kier molecular flexibility index (Phi) is 3.61. The zero-order valence-electron chi connectivity index (χ0n) is 7.45. The Morgan fingerprint density at radius 3 is 2.85 bits per heavy atom. The number of aromatic nitrogens is 1. The summed E-state index contributed by atoms with van der Waals surface area (Å²) in [4.78, 5) is 0. The van der Waals surface area contributed by atoms with E-state index in [4.69, 9.17) is 4.74 Å². The first-order valence-electron chi connectivity index (χ1n) is 3.73. The minimum atomic E-state index is -0.109. The van der Waals surface area contributed by atoms with Crippen molar-refractivity contribution in [2.75, 3.05) is 7.11 Å². The molecule has 70 valence electrons. The van der Waals surface area contributed by atoms with Gasteiger partial charge < -0.3 is 12.4 Å². The van der Waals surface area contributed by atoms with Crippen molar-refractivity contribution in [2.45, 2.75) is 0 Å². The predicted molar refractivity (Wildman–Crippen MR) is 48.6 cm³/mol. The largest absolute Gasteiger partial charge is 1.00 e. The molecule has 0 saturated heterocycles. The van der Waals surface area contributed by atoms with Gasteiger partial charge in [-0.15, -0.1) is 0 Å². The van der Waals surface area contributed by atoms with Crippen LogP contribution in [0.5, 0.6) is 5.75 Å². The maximum absolute atomic E-state index is 5.15. The molecule has 2 aromatic rings. The molecule has 0 amide bonds. The van der Waals surface area contributed by atoms with E-state index in [0.29, 0.717) is 0 Å². The number of hydrogen-bond acceptors (Lipinski definition) is 1. The minimum absolute atomic E-state index is 0. The van der Waals surface area contributed by atoms with Crippen molar-refractivity contribution in [1.82, 2.24) is 0 Å². The summed E-state index contributed by atoms with van der Waals surface area (Å²) in [7, 11) is 3.84. The van der Waals surface area contributed by atoms with E-state index in [2.05, 4.69) is 28.2 Å². The number of rotatable bonds is 1. The molecule has 0 fully saturated rings. The van der Waals surface area contributed by atoms with Crippen molar-refractivity contribution in [2.24, 2.45) is 7.05 Å². The third-order valence-electron chi connectivity index (χ3n) is 1.78. The number of ether oxygens (including phenoxy) is 1.